The fraction of sp³-hybridized carbons (Fsp3) is 0.267. The number of nitrogens with zero attached hydrogens (tertiary/aromatic N) is 1. The molecule has 0 unspecified atom stereocenters. The fourth-order valence-corrected chi connectivity index (χ4v) is 3.89. The molecule has 0 atom stereocenters. The number of hydrogen-bond acceptors (Lipinski definition) is 8. The molecule has 0 radical (unpaired) electrons. The number of ether oxygens (including phenoxy) is 3. The van der Waals surface area contributed by atoms with E-state index in [1.165, 1.54) is 14.2 Å². The topological polar surface area (TPSA) is 74.2 Å². The van der Waals surface area contributed by atoms with Crippen LogP contribution in [0.5, 0.6) is 11.5 Å². The number of halogens is 1. The van der Waals surface area contributed by atoms with Crippen LogP contribution in [0.1, 0.15) is 12.5 Å². The molecule has 0 bridgehead atoms. The van der Waals surface area contributed by atoms with Gasteiger partial charge in [-0.05, 0) is 36.9 Å². The second-order valence-corrected chi connectivity index (χ2v) is 7.37. The van der Waals surface area contributed by atoms with Gasteiger partial charge in [-0.1, -0.05) is 15.9 Å². The highest BCUT2D eigenvalue weighted by Crippen LogP contribution is 2.38. The van der Waals surface area contributed by atoms with E-state index in [-0.39, 0.29) is 17.4 Å². The number of carbonyl (C=O) groups is 2. The lowest BCUT2D eigenvalue weighted by Crippen LogP contribution is -1.98. The van der Waals surface area contributed by atoms with Crippen molar-refractivity contribution in [1.29, 1.82) is 0 Å². The second kappa shape index (κ2) is 8.59. The van der Waals surface area contributed by atoms with Crippen molar-refractivity contribution in [2.75, 3.05) is 20.8 Å². The summed E-state index contributed by atoms with van der Waals surface area (Å²) in [7, 11) is 3.05. The van der Waals surface area contributed by atoms with E-state index in [4.69, 9.17) is 14.2 Å². The smallest absolute Gasteiger partial charge is 0.374 e. The van der Waals surface area contributed by atoms with Gasteiger partial charge in [-0.3, -0.25) is 4.79 Å². The molecule has 0 saturated heterocycles. The molecule has 2 rings (SSSR count). The molecule has 0 fully saturated rings. The van der Waals surface area contributed by atoms with E-state index in [2.05, 4.69) is 20.9 Å². The lowest BCUT2D eigenvalue weighted by Gasteiger charge is -2.11. The monoisotopic (exact) mass is 431 g/mol. The van der Waals surface area contributed by atoms with Crippen molar-refractivity contribution in [1.82, 2.24) is 0 Å². The zero-order chi connectivity index (χ0) is 17.7. The number of carbonyl (C=O) groups excluding carboxylic acids is 2. The highest BCUT2D eigenvalue weighted by Gasteiger charge is 2.26. The minimum atomic E-state index is -0.487. The van der Waals surface area contributed by atoms with E-state index in [1.54, 1.807) is 25.1 Å². The molecule has 1 heterocycles. The SMILES string of the molecule is CCOC(=O)SC1=NC(=Cc2cc(Br)cc(OC)c2OC)C(=O)S1. The first kappa shape index (κ1) is 18.9. The van der Waals surface area contributed by atoms with Crippen LogP contribution in [0.2, 0.25) is 0 Å². The second-order valence-electron chi connectivity index (χ2n) is 4.31. The Morgan fingerprint density at radius 2 is 2.12 bits per heavy atom. The molecule has 0 aliphatic carbocycles. The van der Waals surface area contributed by atoms with Crippen molar-refractivity contribution >= 4 is 60.3 Å². The van der Waals surface area contributed by atoms with Crippen LogP contribution in [0.25, 0.3) is 6.08 Å². The van der Waals surface area contributed by atoms with Gasteiger partial charge in [-0.25, -0.2) is 9.79 Å². The van der Waals surface area contributed by atoms with Gasteiger partial charge in [0.05, 0.1) is 20.8 Å². The fourth-order valence-electron chi connectivity index (χ4n) is 1.87. The zero-order valence-corrected chi connectivity index (χ0v) is 16.3. The average molecular weight is 432 g/mol. The van der Waals surface area contributed by atoms with E-state index in [9.17, 15) is 9.59 Å². The van der Waals surface area contributed by atoms with Crippen molar-refractivity contribution in [2.24, 2.45) is 4.99 Å². The Morgan fingerprint density at radius 3 is 2.75 bits per heavy atom. The normalized spacial score (nSPS) is 15.4. The summed E-state index contributed by atoms with van der Waals surface area (Å²) in [4.78, 5) is 27.8. The van der Waals surface area contributed by atoms with Crippen molar-refractivity contribution in [2.45, 2.75) is 6.92 Å². The third-order valence-corrected chi connectivity index (χ3v) is 4.97. The molecule has 1 aromatic carbocycles. The Bertz CT molecular complexity index is 733. The maximum atomic E-state index is 12.1. The van der Waals surface area contributed by atoms with Gasteiger partial charge in [0.1, 0.15) is 10.1 Å². The summed E-state index contributed by atoms with van der Waals surface area (Å²) in [6, 6.07) is 3.55. The predicted molar refractivity (Wildman–Crippen MR) is 99.9 cm³/mol. The molecule has 24 heavy (non-hydrogen) atoms. The van der Waals surface area contributed by atoms with Crippen LogP contribution in [-0.2, 0) is 9.53 Å². The van der Waals surface area contributed by atoms with Crippen LogP contribution in [0.15, 0.2) is 27.3 Å². The van der Waals surface area contributed by atoms with Gasteiger partial charge in [-0.15, -0.1) is 0 Å². The number of rotatable bonds is 4. The lowest BCUT2D eigenvalue weighted by molar-refractivity contribution is -0.107. The standard InChI is InChI=1S/C15H14BrNO5S2/c1-4-22-15(19)24-14-17-10(13(18)23-14)6-8-5-9(16)7-11(20-2)12(8)21-3/h5-7H,4H2,1-3H3. The number of thioether (sulfide) groups is 2. The maximum absolute atomic E-state index is 12.1. The van der Waals surface area contributed by atoms with Gasteiger partial charge in [0.2, 0.25) is 5.12 Å². The first-order valence-corrected chi connectivity index (χ1v) is 9.19. The quantitative estimate of drug-likeness (QED) is 0.518. The summed E-state index contributed by atoms with van der Waals surface area (Å²) in [6.07, 6.45) is 1.60. The van der Waals surface area contributed by atoms with Crippen molar-refractivity contribution < 1.29 is 23.8 Å². The predicted octanol–water partition coefficient (Wildman–Crippen LogP) is 4.33. The van der Waals surface area contributed by atoms with Crippen molar-refractivity contribution in [3.05, 3.63) is 27.9 Å². The van der Waals surface area contributed by atoms with Crippen LogP contribution in [0.4, 0.5) is 4.79 Å². The van der Waals surface area contributed by atoms with Gasteiger partial charge in [-0.2, -0.15) is 0 Å². The van der Waals surface area contributed by atoms with Gasteiger partial charge in [0, 0.05) is 21.8 Å². The van der Waals surface area contributed by atoms with Crippen LogP contribution in [0.3, 0.4) is 0 Å². The molecule has 0 saturated carbocycles. The molecule has 0 amide bonds. The Labute approximate surface area is 156 Å². The lowest BCUT2D eigenvalue weighted by atomic mass is 10.1. The number of benzene rings is 1. The van der Waals surface area contributed by atoms with Crippen molar-refractivity contribution in [3.8, 4) is 11.5 Å². The summed E-state index contributed by atoms with van der Waals surface area (Å²) in [6.45, 7) is 1.99. The first-order valence-electron chi connectivity index (χ1n) is 6.77. The Kier molecular flexibility index (Phi) is 6.76. The Hall–Kier alpha value is -1.45. The van der Waals surface area contributed by atoms with Gasteiger partial charge in [0.15, 0.2) is 11.5 Å². The molecule has 0 spiro atoms. The molecule has 128 valence electrons. The third kappa shape index (κ3) is 4.55. The summed E-state index contributed by atoms with van der Waals surface area (Å²) in [5.41, 5.74) is 0.865. The van der Waals surface area contributed by atoms with E-state index >= 15 is 0 Å². The molecule has 6 nitrogen and oxygen atoms in total. The Balaban J connectivity index is 2.34. The third-order valence-electron chi connectivity index (χ3n) is 2.80. The minimum absolute atomic E-state index is 0.227. The number of aliphatic imine (C=N–C) groups is 1. The molecule has 9 heteroatoms. The summed E-state index contributed by atoms with van der Waals surface area (Å²) in [5, 5.41) is -0.734. The Morgan fingerprint density at radius 1 is 1.38 bits per heavy atom. The largest absolute Gasteiger partial charge is 0.493 e. The summed E-state index contributed by atoms with van der Waals surface area (Å²) in [5.74, 6) is 1.02. The summed E-state index contributed by atoms with van der Waals surface area (Å²) < 4.78 is 16.6. The van der Waals surface area contributed by atoms with Gasteiger partial charge < -0.3 is 14.2 Å². The zero-order valence-electron chi connectivity index (χ0n) is 13.1. The van der Waals surface area contributed by atoms with Crippen LogP contribution in [0, 0.1) is 0 Å². The highest BCUT2D eigenvalue weighted by atomic mass is 79.9. The molecule has 1 aromatic rings. The van der Waals surface area contributed by atoms with Crippen LogP contribution in [-0.4, -0.2) is 35.6 Å². The van der Waals surface area contributed by atoms with Gasteiger partial charge >= 0.3 is 5.30 Å². The van der Waals surface area contributed by atoms with E-state index in [1.807, 2.05) is 0 Å². The van der Waals surface area contributed by atoms with E-state index in [0.717, 1.165) is 28.0 Å². The van der Waals surface area contributed by atoms with Crippen LogP contribution >= 0.6 is 39.5 Å². The molecule has 0 aromatic heterocycles. The van der Waals surface area contributed by atoms with Crippen LogP contribution < -0.4 is 9.47 Å². The van der Waals surface area contributed by atoms with E-state index < -0.39 is 5.30 Å². The summed E-state index contributed by atoms with van der Waals surface area (Å²) >= 11 is 5.08. The molecular weight excluding hydrogens is 418 g/mol. The van der Waals surface area contributed by atoms with Gasteiger partial charge in [0.25, 0.3) is 0 Å². The van der Waals surface area contributed by atoms with Crippen molar-refractivity contribution in [3.63, 3.8) is 0 Å². The molecule has 1 aliphatic rings. The molecule has 1 aliphatic heterocycles. The first-order chi connectivity index (χ1) is 11.5. The number of methoxy groups -OCH3 is 2. The molecular formula is C15H14BrNO5S2. The number of hydrogen-bond donors (Lipinski definition) is 0. The molecule has 0 N–H and O–H groups in total. The average Bonchev–Trinajstić information content (AvgIpc) is 2.86. The highest BCUT2D eigenvalue weighted by molar-refractivity contribution is 9.10. The van der Waals surface area contributed by atoms with E-state index in [0.29, 0.717) is 21.4 Å². The minimum Gasteiger partial charge on any atom is -0.493 e. The maximum Gasteiger partial charge on any atom is 0.374 e.